The van der Waals surface area contributed by atoms with Crippen LogP contribution in [0.3, 0.4) is 0 Å². The monoisotopic (exact) mass is 284 g/mol. The van der Waals surface area contributed by atoms with E-state index in [0.29, 0.717) is 5.56 Å². The average Bonchev–Trinajstić information content (AvgIpc) is 2.27. The Bertz CT molecular complexity index is 559. The molecule has 0 saturated carbocycles. The van der Waals surface area contributed by atoms with Gasteiger partial charge in [-0.05, 0) is 32.9 Å². The Morgan fingerprint density at radius 1 is 1.37 bits per heavy atom. The third kappa shape index (κ3) is 5.00. The lowest BCUT2D eigenvalue weighted by Gasteiger charge is -2.19. The lowest BCUT2D eigenvalue weighted by atomic mass is 10.2. The van der Waals surface area contributed by atoms with Crippen molar-refractivity contribution in [1.82, 2.24) is 0 Å². The third-order valence-corrected chi connectivity index (χ3v) is 4.07. The van der Waals surface area contributed by atoms with Crippen LogP contribution in [-0.4, -0.2) is 32.2 Å². The van der Waals surface area contributed by atoms with Crippen LogP contribution in [0, 0.1) is 5.41 Å². The summed E-state index contributed by atoms with van der Waals surface area (Å²) in [5, 5.41) is 7.31. The first kappa shape index (κ1) is 15.7. The molecule has 3 N–H and O–H groups in total. The van der Waals surface area contributed by atoms with Crippen molar-refractivity contribution < 1.29 is 13.2 Å². The van der Waals surface area contributed by atoms with Gasteiger partial charge < -0.3 is 10.5 Å². The highest BCUT2D eigenvalue weighted by Gasteiger charge is 2.17. The summed E-state index contributed by atoms with van der Waals surface area (Å²) in [6, 6.07) is 6.09. The SMILES string of the molecule is CC(C)(C)OCCS(=O)(=O)c1cccc(C(=N)N)c1. The molecule has 1 aromatic carbocycles. The molecule has 0 amide bonds. The van der Waals surface area contributed by atoms with E-state index in [0.717, 1.165) is 0 Å². The minimum atomic E-state index is -3.42. The number of hydrogen-bond acceptors (Lipinski definition) is 4. The van der Waals surface area contributed by atoms with Crippen LogP contribution >= 0.6 is 0 Å². The first-order chi connectivity index (χ1) is 8.62. The van der Waals surface area contributed by atoms with Crippen LogP contribution in [0.2, 0.25) is 0 Å². The molecule has 0 atom stereocenters. The molecule has 5 nitrogen and oxygen atoms in total. The molecule has 1 aromatic rings. The predicted octanol–water partition coefficient (Wildman–Crippen LogP) is 1.56. The number of ether oxygens (including phenoxy) is 1. The van der Waals surface area contributed by atoms with E-state index in [4.69, 9.17) is 15.9 Å². The van der Waals surface area contributed by atoms with Gasteiger partial charge in [0, 0.05) is 5.56 Å². The summed E-state index contributed by atoms with van der Waals surface area (Å²) in [6.07, 6.45) is 0. The standard InChI is InChI=1S/C13H20N2O3S/c1-13(2,3)18-7-8-19(16,17)11-6-4-5-10(9-11)12(14)15/h4-6,9H,7-8H2,1-3H3,(H3,14,15). The van der Waals surface area contributed by atoms with Gasteiger partial charge in [0.2, 0.25) is 0 Å². The topological polar surface area (TPSA) is 93.2 Å². The molecule has 0 spiro atoms. The molecular weight excluding hydrogens is 264 g/mol. The zero-order valence-corrected chi connectivity index (χ0v) is 12.3. The molecule has 0 bridgehead atoms. The summed E-state index contributed by atoms with van der Waals surface area (Å²) >= 11 is 0. The summed E-state index contributed by atoms with van der Waals surface area (Å²) < 4.78 is 29.6. The van der Waals surface area contributed by atoms with E-state index < -0.39 is 9.84 Å². The maximum atomic E-state index is 12.1. The van der Waals surface area contributed by atoms with Crippen LogP contribution in [-0.2, 0) is 14.6 Å². The van der Waals surface area contributed by atoms with Crippen LogP contribution in [0.4, 0.5) is 0 Å². The van der Waals surface area contributed by atoms with Crippen molar-refractivity contribution in [3.8, 4) is 0 Å². The highest BCUT2D eigenvalue weighted by atomic mass is 32.2. The van der Waals surface area contributed by atoms with E-state index in [1.807, 2.05) is 20.8 Å². The second-order valence-corrected chi connectivity index (χ2v) is 7.33. The number of nitrogens with two attached hydrogens (primary N) is 1. The molecule has 0 fully saturated rings. The summed E-state index contributed by atoms with van der Waals surface area (Å²) in [6.45, 7) is 5.75. The maximum Gasteiger partial charge on any atom is 0.180 e. The molecule has 6 heteroatoms. The molecule has 0 radical (unpaired) electrons. The summed E-state index contributed by atoms with van der Waals surface area (Å²) in [7, 11) is -3.42. The van der Waals surface area contributed by atoms with Crippen LogP contribution in [0.1, 0.15) is 26.3 Å². The van der Waals surface area contributed by atoms with Gasteiger partial charge in [0.15, 0.2) is 9.84 Å². The van der Waals surface area contributed by atoms with Gasteiger partial charge in [0.25, 0.3) is 0 Å². The van der Waals surface area contributed by atoms with Gasteiger partial charge in [-0.2, -0.15) is 0 Å². The van der Waals surface area contributed by atoms with Gasteiger partial charge in [0.1, 0.15) is 5.84 Å². The first-order valence-corrected chi connectivity index (χ1v) is 7.58. The Labute approximate surface area is 114 Å². The zero-order chi connectivity index (χ0) is 14.7. The van der Waals surface area contributed by atoms with Crippen LogP contribution in [0.15, 0.2) is 29.2 Å². The van der Waals surface area contributed by atoms with Crippen LogP contribution in [0.5, 0.6) is 0 Å². The molecule has 0 aliphatic rings. The number of sulfone groups is 1. The quantitative estimate of drug-likeness (QED) is 0.634. The minimum Gasteiger partial charge on any atom is -0.384 e. The molecule has 106 valence electrons. The van der Waals surface area contributed by atoms with Crippen molar-refractivity contribution in [1.29, 1.82) is 5.41 Å². The van der Waals surface area contributed by atoms with Crippen molar-refractivity contribution in [2.45, 2.75) is 31.3 Å². The van der Waals surface area contributed by atoms with Crippen molar-refractivity contribution in [2.24, 2.45) is 5.73 Å². The fraction of sp³-hybridized carbons (Fsp3) is 0.462. The minimum absolute atomic E-state index is 0.0916. The molecule has 0 aromatic heterocycles. The smallest absolute Gasteiger partial charge is 0.180 e. The molecule has 0 heterocycles. The van der Waals surface area contributed by atoms with E-state index in [-0.39, 0.29) is 28.7 Å². The Morgan fingerprint density at radius 3 is 2.53 bits per heavy atom. The second kappa shape index (κ2) is 5.71. The second-order valence-electron chi connectivity index (χ2n) is 5.22. The highest BCUT2D eigenvalue weighted by molar-refractivity contribution is 7.91. The largest absolute Gasteiger partial charge is 0.384 e. The summed E-state index contributed by atoms with van der Waals surface area (Å²) in [5.74, 6) is -0.242. The number of hydrogen-bond donors (Lipinski definition) is 2. The Hall–Kier alpha value is -1.40. The number of nitrogen functional groups attached to an aromatic ring is 1. The molecule has 19 heavy (non-hydrogen) atoms. The van der Waals surface area contributed by atoms with Gasteiger partial charge in [-0.1, -0.05) is 12.1 Å². The van der Waals surface area contributed by atoms with E-state index in [9.17, 15) is 8.42 Å². The van der Waals surface area contributed by atoms with E-state index >= 15 is 0 Å². The van der Waals surface area contributed by atoms with Crippen LogP contribution < -0.4 is 5.73 Å². The molecule has 0 saturated heterocycles. The molecule has 1 rings (SSSR count). The predicted molar refractivity (Wildman–Crippen MR) is 75.2 cm³/mol. The Kier molecular flexibility index (Phi) is 4.70. The number of rotatable bonds is 5. The van der Waals surface area contributed by atoms with Crippen molar-refractivity contribution in [2.75, 3.05) is 12.4 Å². The number of benzene rings is 1. The molecule has 0 aliphatic heterocycles. The first-order valence-electron chi connectivity index (χ1n) is 5.93. The Balaban J connectivity index is 2.83. The maximum absolute atomic E-state index is 12.1. The van der Waals surface area contributed by atoms with Gasteiger partial charge in [0.05, 0.1) is 22.9 Å². The number of nitrogens with one attached hydrogen (secondary N) is 1. The summed E-state index contributed by atoms with van der Waals surface area (Å²) in [4.78, 5) is 0.165. The third-order valence-electron chi connectivity index (χ3n) is 2.39. The fourth-order valence-electron chi connectivity index (χ4n) is 1.43. The average molecular weight is 284 g/mol. The van der Waals surface area contributed by atoms with E-state index in [2.05, 4.69) is 0 Å². The van der Waals surface area contributed by atoms with E-state index in [1.165, 1.54) is 12.1 Å². The van der Waals surface area contributed by atoms with Gasteiger partial charge >= 0.3 is 0 Å². The highest BCUT2D eigenvalue weighted by Crippen LogP contribution is 2.14. The van der Waals surface area contributed by atoms with Crippen molar-refractivity contribution in [3.63, 3.8) is 0 Å². The lowest BCUT2D eigenvalue weighted by molar-refractivity contribution is 0.00644. The van der Waals surface area contributed by atoms with E-state index in [1.54, 1.807) is 12.1 Å². The van der Waals surface area contributed by atoms with Gasteiger partial charge in [-0.15, -0.1) is 0 Å². The molecule has 0 aliphatic carbocycles. The normalized spacial score (nSPS) is 12.4. The lowest BCUT2D eigenvalue weighted by Crippen LogP contribution is -2.23. The number of amidine groups is 1. The van der Waals surface area contributed by atoms with Crippen molar-refractivity contribution >= 4 is 15.7 Å². The van der Waals surface area contributed by atoms with Crippen LogP contribution in [0.25, 0.3) is 0 Å². The zero-order valence-electron chi connectivity index (χ0n) is 11.4. The fourth-order valence-corrected chi connectivity index (χ4v) is 2.56. The van der Waals surface area contributed by atoms with Gasteiger partial charge in [-0.25, -0.2) is 8.42 Å². The Morgan fingerprint density at radius 2 is 2.00 bits per heavy atom. The molecule has 0 unspecified atom stereocenters. The van der Waals surface area contributed by atoms with Gasteiger partial charge in [-0.3, -0.25) is 5.41 Å². The van der Waals surface area contributed by atoms with Crippen molar-refractivity contribution in [3.05, 3.63) is 29.8 Å². The molecular formula is C13H20N2O3S. The summed E-state index contributed by atoms with van der Waals surface area (Å²) in [5.41, 5.74) is 5.38.